The molecule has 1 fully saturated rings. The van der Waals surface area contributed by atoms with E-state index in [9.17, 15) is 0 Å². The van der Waals surface area contributed by atoms with Crippen LogP contribution in [0.5, 0.6) is 11.5 Å². The first-order chi connectivity index (χ1) is 9.28. The molecule has 2 unspecified atom stereocenters. The van der Waals surface area contributed by atoms with Crippen molar-refractivity contribution in [2.24, 2.45) is 0 Å². The van der Waals surface area contributed by atoms with Crippen molar-refractivity contribution in [3.8, 4) is 11.5 Å². The minimum absolute atomic E-state index is 0.00411. The summed E-state index contributed by atoms with van der Waals surface area (Å²) in [5, 5.41) is 3.27. The van der Waals surface area contributed by atoms with Crippen LogP contribution in [-0.4, -0.2) is 47.2 Å². The molecule has 1 heterocycles. The first-order valence-electron chi connectivity index (χ1n) is 6.38. The van der Waals surface area contributed by atoms with Gasteiger partial charge in [-0.05, 0) is 24.7 Å². The summed E-state index contributed by atoms with van der Waals surface area (Å²) >= 11 is 0. The van der Waals surface area contributed by atoms with Crippen LogP contribution in [0.4, 0.5) is 0 Å². The highest BCUT2D eigenvalue weighted by Crippen LogP contribution is 2.29. The van der Waals surface area contributed by atoms with Gasteiger partial charge in [-0.15, -0.1) is 0 Å². The second-order valence-electron chi connectivity index (χ2n) is 4.40. The predicted molar refractivity (Wildman–Crippen MR) is 71.9 cm³/mol. The van der Waals surface area contributed by atoms with Crippen molar-refractivity contribution in [3.05, 3.63) is 23.8 Å². The zero-order valence-corrected chi connectivity index (χ0v) is 11.6. The van der Waals surface area contributed by atoms with Gasteiger partial charge in [0.15, 0.2) is 0 Å². The maximum Gasteiger partial charge on any atom is 0.122 e. The standard InChI is InChI=1S/C14H21NO4/c1-15-14(13-9-18-4-5-19-13)10-6-11(16-2)8-12(7-10)17-3/h6-8,13-15H,4-5,9H2,1-3H3. The number of likely N-dealkylation sites (N-methyl/N-ethyl adjacent to an activating group) is 1. The van der Waals surface area contributed by atoms with E-state index in [2.05, 4.69) is 5.32 Å². The van der Waals surface area contributed by atoms with E-state index in [0.717, 1.165) is 17.1 Å². The minimum atomic E-state index is -0.00411. The van der Waals surface area contributed by atoms with Crippen LogP contribution >= 0.6 is 0 Å². The van der Waals surface area contributed by atoms with Crippen molar-refractivity contribution in [2.75, 3.05) is 41.1 Å². The number of rotatable bonds is 5. The summed E-state index contributed by atoms with van der Waals surface area (Å²) in [6.07, 6.45) is -0.00411. The highest BCUT2D eigenvalue weighted by Gasteiger charge is 2.26. The molecule has 0 aliphatic carbocycles. The van der Waals surface area contributed by atoms with Crippen molar-refractivity contribution >= 4 is 0 Å². The Morgan fingerprint density at radius 2 is 1.84 bits per heavy atom. The van der Waals surface area contributed by atoms with Crippen molar-refractivity contribution in [2.45, 2.75) is 12.1 Å². The average Bonchev–Trinajstić information content (AvgIpc) is 2.48. The number of hydrogen-bond donors (Lipinski definition) is 1. The van der Waals surface area contributed by atoms with Crippen molar-refractivity contribution in [1.82, 2.24) is 5.32 Å². The van der Waals surface area contributed by atoms with E-state index >= 15 is 0 Å². The zero-order chi connectivity index (χ0) is 13.7. The van der Waals surface area contributed by atoms with Crippen LogP contribution in [0.3, 0.4) is 0 Å². The summed E-state index contributed by atoms with van der Waals surface area (Å²) < 4.78 is 21.8. The van der Waals surface area contributed by atoms with Gasteiger partial charge >= 0.3 is 0 Å². The quantitative estimate of drug-likeness (QED) is 0.873. The molecule has 0 bridgehead atoms. The van der Waals surface area contributed by atoms with Gasteiger partial charge in [0.05, 0.1) is 40.1 Å². The highest BCUT2D eigenvalue weighted by molar-refractivity contribution is 5.40. The monoisotopic (exact) mass is 267 g/mol. The Morgan fingerprint density at radius 1 is 1.16 bits per heavy atom. The van der Waals surface area contributed by atoms with Crippen LogP contribution in [0.15, 0.2) is 18.2 Å². The SMILES string of the molecule is CNC(c1cc(OC)cc(OC)c1)C1COCCO1. The molecule has 1 N–H and O–H groups in total. The molecule has 0 radical (unpaired) electrons. The zero-order valence-electron chi connectivity index (χ0n) is 11.6. The lowest BCUT2D eigenvalue weighted by Crippen LogP contribution is -2.39. The van der Waals surface area contributed by atoms with Gasteiger partial charge in [-0.3, -0.25) is 0 Å². The Labute approximate surface area is 113 Å². The summed E-state index contributed by atoms with van der Waals surface area (Å²) in [6, 6.07) is 5.88. The maximum absolute atomic E-state index is 5.76. The van der Waals surface area contributed by atoms with Gasteiger partial charge in [0.1, 0.15) is 17.6 Å². The number of nitrogens with one attached hydrogen (secondary N) is 1. The third-order valence-corrected chi connectivity index (χ3v) is 3.26. The summed E-state index contributed by atoms with van der Waals surface area (Å²) in [4.78, 5) is 0. The molecule has 19 heavy (non-hydrogen) atoms. The van der Waals surface area contributed by atoms with Gasteiger partial charge < -0.3 is 24.3 Å². The summed E-state index contributed by atoms with van der Waals surface area (Å²) in [6.45, 7) is 1.88. The highest BCUT2D eigenvalue weighted by atomic mass is 16.6. The van der Waals surface area contributed by atoms with E-state index in [0.29, 0.717) is 19.8 Å². The molecule has 2 atom stereocenters. The molecule has 2 rings (SSSR count). The molecular weight excluding hydrogens is 246 g/mol. The van der Waals surface area contributed by atoms with Crippen LogP contribution in [0.2, 0.25) is 0 Å². The van der Waals surface area contributed by atoms with E-state index < -0.39 is 0 Å². The van der Waals surface area contributed by atoms with E-state index in [1.54, 1.807) is 14.2 Å². The fraction of sp³-hybridized carbons (Fsp3) is 0.571. The molecule has 5 nitrogen and oxygen atoms in total. The number of benzene rings is 1. The summed E-state index contributed by atoms with van der Waals surface area (Å²) in [7, 11) is 5.20. The van der Waals surface area contributed by atoms with Crippen molar-refractivity contribution < 1.29 is 18.9 Å². The molecule has 0 aromatic heterocycles. The Balaban J connectivity index is 2.25. The van der Waals surface area contributed by atoms with Crippen LogP contribution in [0, 0.1) is 0 Å². The topological polar surface area (TPSA) is 49.0 Å². The second kappa shape index (κ2) is 6.75. The molecule has 1 saturated heterocycles. The van der Waals surface area contributed by atoms with Crippen molar-refractivity contribution in [3.63, 3.8) is 0 Å². The average molecular weight is 267 g/mol. The molecular formula is C14H21NO4. The Kier molecular flexibility index (Phi) is 5.01. The van der Waals surface area contributed by atoms with Crippen molar-refractivity contribution in [1.29, 1.82) is 0 Å². The molecule has 1 aromatic rings. The normalized spacial score (nSPS) is 20.9. The Bertz CT molecular complexity index is 382. The third-order valence-electron chi connectivity index (χ3n) is 3.26. The molecule has 1 aromatic carbocycles. The molecule has 0 amide bonds. The fourth-order valence-corrected chi connectivity index (χ4v) is 2.27. The van der Waals surface area contributed by atoms with Gasteiger partial charge in [0.25, 0.3) is 0 Å². The largest absolute Gasteiger partial charge is 0.497 e. The summed E-state index contributed by atoms with van der Waals surface area (Å²) in [5.74, 6) is 1.54. The molecule has 0 spiro atoms. The van der Waals surface area contributed by atoms with Gasteiger partial charge in [0.2, 0.25) is 0 Å². The molecule has 106 valence electrons. The Morgan fingerprint density at radius 3 is 2.32 bits per heavy atom. The number of ether oxygens (including phenoxy) is 4. The lowest BCUT2D eigenvalue weighted by Gasteiger charge is -2.30. The molecule has 5 heteroatoms. The van der Waals surface area contributed by atoms with Gasteiger partial charge in [-0.2, -0.15) is 0 Å². The third kappa shape index (κ3) is 3.37. The van der Waals surface area contributed by atoms with Gasteiger partial charge in [-0.1, -0.05) is 0 Å². The van der Waals surface area contributed by atoms with Gasteiger partial charge in [-0.25, -0.2) is 0 Å². The van der Waals surface area contributed by atoms with Crippen LogP contribution in [-0.2, 0) is 9.47 Å². The predicted octanol–water partition coefficient (Wildman–Crippen LogP) is 1.38. The fourth-order valence-electron chi connectivity index (χ4n) is 2.27. The summed E-state index contributed by atoms with van der Waals surface area (Å²) in [5.41, 5.74) is 1.06. The van der Waals surface area contributed by atoms with E-state index in [1.165, 1.54) is 0 Å². The first-order valence-corrected chi connectivity index (χ1v) is 6.38. The van der Waals surface area contributed by atoms with E-state index in [-0.39, 0.29) is 12.1 Å². The molecule has 1 aliphatic heterocycles. The van der Waals surface area contributed by atoms with Crippen LogP contribution in [0.25, 0.3) is 0 Å². The lowest BCUT2D eigenvalue weighted by atomic mass is 10.0. The van der Waals surface area contributed by atoms with E-state index in [4.69, 9.17) is 18.9 Å². The molecule has 1 aliphatic rings. The van der Waals surface area contributed by atoms with E-state index in [1.807, 2.05) is 25.2 Å². The van der Waals surface area contributed by atoms with Crippen LogP contribution < -0.4 is 14.8 Å². The van der Waals surface area contributed by atoms with Crippen LogP contribution in [0.1, 0.15) is 11.6 Å². The lowest BCUT2D eigenvalue weighted by molar-refractivity contribution is -0.101. The smallest absolute Gasteiger partial charge is 0.122 e. The van der Waals surface area contributed by atoms with Gasteiger partial charge in [0, 0.05) is 6.07 Å². The first kappa shape index (κ1) is 14.1. The molecule has 0 saturated carbocycles. The Hall–Kier alpha value is -1.30. The number of methoxy groups -OCH3 is 2. The number of hydrogen-bond acceptors (Lipinski definition) is 5. The minimum Gasteiger partial charge on any atom is -0.497 e. The maximum atomic E-state index is 5.76. The second-order valence-corrected chi connectivity index (χ2v) is 4.40.